The number of anilines is 1. The Morgan fingerprint density at radius 1 is 0.962 bits per heavy atom. The van der Waals surface area contributed by atoms with Crippen molar-refractivity contribution in [3.8, 4) is 0 Å². The van der Waals surface area contributed by atoms with Gasteiger partial charge in [-0.25, -0.2) is 9.97 Å². The highest BCUT2D eigenvalue weighted by molar-refractivity contribution is 5.92. The molecule has 7 heteroatoms. The van der Waals surface area contributed by atoms with Crippen LogP contribution in [0.1, 0.15) is 21.6 Å². The summed E-state index contributed by atoms with van der Waals surface area (Å²) in [5.74, 6) is 0.295. The minimum atomic E-state index is -0.131. The molecule has 0 aromatic carbocycles. The van der Waals surface area contributed by atoms with Gasteiger partial charge in [-0.15, -0.1) is 0 Å². The maximum Gasteiger partial charge on any atom is 0.272 e. The van der Waals surface area contributed by atoms with Crippen molar-refractivity contribution in [2.45, 2.75) is 13.0 Å². The summed E-state index contributed by atoms with van der Waals surface area (Å²) in [4.78, 5) is 30.7. The monoisotopic (exact) mass is 348 g/mol. The van der Waals surface area contributed by atoms with Crippen molar-refractivity contribution in [3.63, 3.8) is 0 Å². The topological polar surface area (TPSA) is 83.9 Å². The van der Waals surface area contributed by atoms with E-state index in [0.717, 1.165) is 17.5 Å². The quantitative estimate of drug-likeness (QED) is 0.705. The maximum absolute atomic E-state index is 12.6. The molecule has 0 saturated carbocycles. The summed E-state index contributed by atoms with van der Waals surface area (Å²) < 4.78 is 0. The molecular formula is C19H20N6O. The third-order valence-electron chi connectivity index (χ3n) is 3.91. The zero-order chi connectivity index (χ0) is 18.2. The fourth-order valence-corrected chi connectivity index (χ4v) is 2.39. The van der Waals surface area contributed by atoms with Crippen LogP contribution in [0.25, 0.3) is 0 Å². The van der Waals surface area contributed by atoms with E-state index in [2.05, 4.69) is 25.3 Å². The van der Waals surface area contributed by atoms with Gasteiger partial charge in [0.15, 0.2) is 0 Å². The van der Waals surface area contributed by atoms with Crippen molar-refractivity contribution < 1.29 is 4.79 Å². The lowest BCUT2D eigenvalue weighted by molar-refractivity contribution is 0.0791. The molecule has 0 aliphatic carbocycles. The minimum Gasteiger partial charge on any atom is -0.350 e. The van der Waals surface area contributed by atoms with E-state index < -0.39 is 0 Å². The Morgan fingerprint density at radius 2 is 1.62 bits per heavy atom. The highest BCUT2D eigenvalue weighted by Gasteiger charge is 2.14. The van der Waals surface area contributed by atoms with Crippen LogP contribution in [-0.2, 0) is 13.0 Å². The third-order valence-corrected chi connectivity index (χ3v) is 3.91. The number of likely N-dealkylation sites (N-methyl/N-ethyl adjacent to an activating group) is 1. The third kappa shape index (κ3) is 4.83. The van der Waals surface area contributed by atoms with Gasteiger partial charge in [0.2, 0.25) is 5.95 Å². The van der Waals surface area contributed by atoms with Crippen molar-refractivity contribution in [1.82, 2.24) is 24.8 Å². The first-order valence-corrected chi connectivity index (χ1v) is 8.32. The highest BCUT2D eigenvalue weighted by Crippen LogP contribution is 2.07. The number of pyridine rings is 2. The average molecular weight is 348 g/mol. The van der Waals surface area contributed by atoms with Crippen LogP contribution < -0.4 is 5.32 Å². The SMILES string of the molecule is CN(CCc1ccncc1)C(=O)c1ccnc(NCc2ccncc2)n1. The summed E-state index contributed by atoms with van der Waals surface area (Å²) >= 11 is 0. The molecule has 3 rings (SSSR count). The van der Waals surface area contributed by atoms with E-state index in [4.69, 9.17) is 0 Å². The lowest BCUT2D eigenvalue weighted by atomic mass is 10.2. The Hall–Kier alpha value is -3.35. The molecule has 26 heavy (non-hydrogen) atoms. The number of nitrogens with zero attached hydrogens (tertiary/aromatic N) is 5. The second kappa shape index (κ2) is 8.66. The van der Waals surface area contributed by atoms with Crippen molar-refractivity contribution in [2.75, 3.05) is 18.9 Å². The minimum absolute atomic E-state index is 0.131. The van der Waals surface area contributed by atoms with Gasteiger partial charge in [-0.05, 0) is 47.9 Å². The van der Waals surface area contributed by atoms with Crippen molar-refractivity contribution in [3.05, 3.63) is 78.1 Å². The van der Waals surface area contributed by atoms with E-state index in [9.17, 15) is 4.79 Å². The molecule has 3 aromatic rings. The van der Waals surface area contributed by atoms with Crippen molar-refractivity contribution in [2.24, 2.45) is 0 Å². The van der Waals surface area contributed by atoms with Gasteiger partial charge in [-0.2, -0.15) is 0 Å². The van der Waals surface area contributed by atoms with Crippen LogP contribution in [0.5, 0.6) is 0 Å². The Balaban J connectivity index is 1.58. The second-order valence-electron chi connectivity index (χ2n) is 5.81. The van der Waals surface area contributed by atoms with Crippen LogP contribution >= 0.6 is 0 Å². The number of rotatable bonds is 7. The van der Waals surface area contributed by atoms with Gasteiger partial charge in [0.25, 0.3) is 5.91 Å². The molecule has 0 atom stereocenters. The summed E-state index contributed by atoms with van der Waals surface area (Å²) in [6.07, 6.45) is 9.32. The fraction of sp³-hybridized carbons (Fsp3) is 0.211. The highest BCUT2D eigenvalue weighted by atomic mass is 16.2. The first-order chi connectivity index (χ1) is 12.7. The summed E-state index contributed by atoms with van der Waals surface area (Å²) in [5.41, 5.74) is 2.58. The van der Waals surface area contributed by atoms with Gasteiger partial charge in [0.1, 0.15) is 5.69 Å². The molecule has 0 saturated heterocycles. The van der Waals surface area contributed by atoms with E-state index >= 15 is 0 Å². The largest absolute Gasteiger partial charge is 0.350 e. The summed E-state index contributed by atoms with van der Waals surface area (Å²) in [7, 11) is 1.77. The fourth-order valence-electron chi connectivity index (χ4n) is 2.39. The molecule has 3 heterocycles. The molecule has 0 fully saturated rings. The Kier molecular flexibility index (Phi) is 5.82. The van der Waals surface area contributed by atoms with Gasteiger partial charge < -0.3 is 10.2 Å². The van der Waals surface area contributed by atoms with Crippen LogP contribution in [0.3, 0.4) is 0 Å². The number of amides is 1. The van der Waals surface area contributed by atoms with Crippen LogP contribution in [0, 0.1) is 0 Å². The Labute approximate surface area is 152 Å². The van der Waals surface area contributed by atoms with Crippen LogP contribution in [0.15, 0.2) is 61.3 Å². The molecule has 7 nitrogen and oxygen atoms in total. The molecule has 0 radical (unpaired) electrons. The summed E-state index contributed by atoms with van der Waals surface area (Å²) in [5, 5.41) is 3.13. The predicted molar refractivity (Wildman–Crippen MR) is 98.5 cm³/mol. The van der Waals surface area contributed by atoms with Crippen molar-refractivity contribution in [1.29, 1.82) is 0 Å². The van der Waals surface area contributed by atoms with Crippen molar-refractivity contribution >= 4 is 11.9 Å². The zero-order valence-electron chi connectivity index (χ0n) is 14.5. The molecule has 132 valence electrons. The number of carbonyl (C=O) groups is 1. The van der Waals surface area contributed by atoms with E-state index in [1.807, 2.05) is 24.3 Å². The number of carbonyl (C=O) groups excluding carboxylic acids is 1. The van der Waals surface area contributed by atoms with E-state index in [1.54, 1.807) is 49.0 Å². The smallest absolute Gasteiger partial charge is 0.272 e. The van der Waals surface area contributed by atoms with Gasteiger partial charge in [-0.3, -0.25) is 14.8 Å². The lowest BCUT2D eigenvalue weighted by Crippen LogP contribution is -2.29. The van der Waals surface area contributed by atoms with Gasteiger partial charge in [-0.1, -0.05) is 0 Å². The number of hydrogen-bond acceptors (Lipinski definition) is 6. The summed E-state index contributed by atoms with van der Waals surface area (Å²) in [6, 6.07) is 9.35. The first-order valence-electron chi connectivity index (χ1n) is 8.32. The molecule has 0 bridgehead atoms. The normalized spacial score (nSPS) is 10.3. The van der Waals surface area contributed by atoms with Crippen LogP contribution in [0.2, 0.25) is 0 Å². The van der Waals surface area contributed by atoms with Gasteiger partial charge >= 0.3 is 0 Å². The van der Waals surface area contributed by atoms with E-state index in [1.165, 1.54) is 0 Å². The average Bonchev–Trinajstić information content (AvgIpc) is 2.71. The summed E-state index contributed by atoms with van der Waals surface area (Å²) in [6.45, 7) is 1.17. The predicted octanol–water partition coefficient (Wildman–Crippen LogP) is 2.19. The van der Waals surface area contributed by atoms with E-state index in [0.29, 0.717) is 24.7 Å². The maximum atomic E-state index is 12.6. The molecule has 0 unspecified atom stereocenters. The molecule has 3 aromatic heterocycles. The molecule has 0 aliphatic heterocycles. The molecule has 0 spiro atoms. The Morgan fingerprint density at radius 3 is 2.31 bits per heavy atom. The standard InChI is InChI=1S/C19H20N6O/c1-25(13-7-15-2-8-20-9-3-15)18(26)17-6-12-22-19(24-17)23-14-16-4-10-21-11-5-16/h2-6,8-12H,7,13-14H2,1H3,(H,22,23,24). The number of aromatic nitrogens is 4. The van der Waals surface area contributed by atoms with E-state index in [-0.39, 0.29) is 5.91 Å². The molecular weight excluding hydrogens is 328 g/mol. The zero-order valence-corrected chi connectivity index (χ0v) is 14.5. The second-order valence-corrected chi connectivity index (χ2v) is 5.81. The molecule has 0 aliphatic rings. The lowest BCUT2D eigenvalue weighted by Gasteiger charge is -2.17. The van der Waals surface area contributed by atoms with Crippen LogP contribution in [0.4, 0.5) is 5.95 Å². The molecule has 1 amide bonds. The number of nitrogens with one attached hydrogen (secondary N) is 1. The van der Waals surface area contributed by atoms with Crippen LogP contribution in [-0.4, -0.2) is 44.3 Å². The van der Waals surface area contributed by atoms with Gasteiger partial charge in [0, 0.05) is 51.1 Å². The number of hydrogen-bond donors (Lipinski definition) is 1. The Bertz CT molecular complexity index is 841. The first kappa shape index (κ1) is 17.5. The van der Waals surface area contributed by atoms with Gasteiger partial charge in [0.05, 0.1) is 0 Å². The molecule has 1 N–H and O–H groups in total.